The van der Waals surface area contributed by atoms with Crippen molar-refractivity contribution in [1.82, 2.24) is 34.3 Å². The van der Waals surface area contributed by atoms with E-state index in [1.54, 1.807) is 0 Å². The second-order valence-corrected chi connectivity index (χ2v) is 11.1. The highest BCUT2D eigenvalue weighted by Gasteiger charge is 2.25. The molecular formula is C30H38N8O. The molecule has 0 radical (unpaired) electrons. The maximum atomic E-state index is 12.8. The Kier molecular flexibility index (Phi) is 7.16. The number of anilines is 2. The van der Waals surface area contributed by atoms with Gasteiger partial charge in [-0.1, -0.05) is 26.8 Å². The maximum absolute atomic E-state index is 12.8. The lowest BCUT2D eigenvalue weighted by atomic mass is 9.87. The second-order valence-electron chi connectivity index (χ2n) is 11.1. The summed E-state index contributed by atoms with van der Waals surface area (Å²) < 4.78 is 2.39. The van der Waals surface area contributed by atoms with E-state index in [2.05, 4.69) is 57.7 Å². The summed E-state index contributed by atoms with van der Waals surface area (Å²) >= 11 is 0. The van der Waals surface area contributed by atoms with E-state index in [1.807, 2.05) is 29.6 Å². The van der Waals surface area contributed by atoms with E-state index in [9.17, 15) is 4.79 Å². The molecule has 0 atom stereocenters. The smallest absolute Gasteiger partial charge is 0.237 e. The fraction of sp³-hybridized carbons (Fsp3) is 0.500. The van der Waals surface area contributed by atoms with Gasteiger partial charge in [0.05, 0.1) is 18.3 Å². The highest BCUT2D eigenvalue weighted by molar-refractivity contribution is 6.06. The lowest BCUT2D eigenvalue weighted by Gasteiger charge is -2.30. The van der Waals surface area contributed by atoms with Gasteiger partial charge >= 0.3 is 0 Å². The molecule has 0 unspecified atom stereocenters. The molecule has 0 aromatic carbocycles. The molecule has 1 aliphatic heterocycles. The van der Waals surface area contributed by atoms with Gasteiger partial charge < -0.3 is 14.8 Å². The van der Waals surface area contributed by atoms with Gasteiger partial charge in [0, 0.05) is 54.4 Å². The van der Waals surface area contributed by atoms with E-state index in [1.165, 1.54) is 12.8 Å². The molecule has 9 nitrogen and oxygen atoms in total. The quantitative estimate of drug-likeness (QED) is 0.358. The number of pyridine rings is 2. The molecule has 0 spiro atoms. The molecule has 1 aliphatic carbocycles. The summed E-state index contributed by atoms with van der Waals surface area (Å²) in [6.45, 7) is 10.1. The molecule has 0 saturated heterocycles. The van der Waals surface area contributed by atoms with E-state index < -0.39 is 0 Å². The molecule has 39 heavy (non-hydrogen) atoms. The van der Waals surface area contributed by atoms with Crippen LogP contribution >= 0.6 is 0 Å². The van der Waals surface area contributed by atoms with Crippen LogP contribution in [0.4, 0.5) is 11.8 Å². The third-order valence-electron chi connectivity index (χ3n) is 8.59. The first-order chi connectivity index (χ1) is 19.0. The van der Waals surface area contributed by atoms with Crippen molar-refractivity contribution in [2.24, 2.45) is 5.92 Å². The summed E-state index contributed by atoms with van der Waals surface area (Å²) in [6.07, 6.45) is 11.3. The second kappa shape index (κ2) is 10.9. The first-order valence-corrected chi connectivity index (χ1v) is 14.4. The number of nitrogens with zero attached hydrogens (tertiary/aromatic N) is 7. The van der Waals surface area contributed by atoms with Crippen molar-refractivity contribution in [3.05, 3.63) is 48.0 Å². The van der Waals surface area contributed by atoms with Crippen LogP contribution in [0.25, 0.3) is 21.9 Å². The van der Waals surface area contributed by atoms with Crippen molar-refractivity contribution in [3.8, 4) is 0 Å². The molecule has 6 rings (SSSR count). The van der Waals surface area contributed by atoms with Crippen LogP contribution < -0.4 is 5.32 Å². The fourth-order valence-corrected chi connectivity index (χ4v) is 6.15. The van der Waals surface area contributed by atoms with Crippen molar-refractivity contribution in [2.45, 2.75) is 65.5 Å². The largest absolute Gasteiger partial charge is 0.337 e. The summed E-state index contributed by atoms with van der Waals surface area (Å²) in [6, 6.07) is 6.53. The van der Waals surface area contributed by atoms with E-state index >= 15 is 0 Å². The Morgan fingerprint density at radius 2 is 1.87 bits per heavy atom. The number of nitrogens with one attached hydrogen (secondary N) is 1. The molecule has 4 aromatic heterocycles. The van der Waals surface area contributed by atoms with Crippen LogP contribution in [-0.2, 0) is 17.8 Å². The number of fused-ring (bicyclic) bond motifs is 4. The molecule has 1 saturated carbocycles. The molecule has 4 aromatic rings. The number of amides is 1. The average molecular weight is 527 g/mol. The average Bonchev–Trinajstić information content (AvgIpc) is 3.29. The molecule has 9 heteroatoms. The van der Waals surface area contributed by atoms with Crippen molar-refractivity contribution in [2.75, 3.05) is 31.5 Å². The van der Waals surface area contributed by atoms with Gasteiger partial charge in [0.15, 0.2) is 0 Å². The Morgan fingerprint density at radius 1 is 1.05 bits per heavy atom. The Labute approximate surface area is 229 Å². The summed E-state index contributed by atoms with van der Waals surface area (Å²) in [5, 5.41) is 5.56. The predicted octanol–water partition coefficient (Wildman–Crippen LogP) is 5.10. The van der Waals surface area contributed by atoms with Crippen molar-refractivity contribution < 1.29 is 4.79 Å². The highest BCUT2D eigenvalue weighted by Crippen LogP contribution is 2.38. The van der Waals surface area contributed by atoms with E-state index in [4.69, 9.17) is 9.97 Å². The summed E-state index contributed by atoms with van der Waals surface area (Å²) in [7, 11) is 0. The van der Waals surface area contributed by atoms with Gasteiger partial charge in [-0.2, -0.15) is 4.98 Å². The fourth-order valence-electron chi connectivity index (χ4n) is 6.15. The van der Waals surface area contributed by atoms with Gasteiger partial charge in [-0.3, -0.25) is 14.7 Å². The number of carbonyl (C=O) groups excluding carboxylic acids is 1. The summed E-state index contributed by atoms with van der Waals surface area (Å²) in [5.74, 6) is 2.24. The van der Waals surface area contributed by atoms with Gasteiger partial charge in [0.1, 0.15) is 11.5 Å². The van der Waals surface area contributed by atoms with Crippen molar-refractivity contribution in [1.29, 1.82) is 0 Å². The molecule has 204 valence electrons. The minimum absolute atomic E-state index is 0.186. The van der Waals surface area contributed by atoms with E-state index in [0.717, 1.165) is 77.3 Å². The Bertz CT molecular complexity index is 1490. The van der Waals surface area contributed by atoms with Crippen LogP contribution in [0.5, 0.6) is 0 Å². The minimum atomic E-state index is 0.186. The molecule has 0 bridgehead atoms. The maximum Gasteiger partial charge on any atom is 0.237 e. The number of aromatic nitrogens is 5. The van der Waals surface area contributed by atoms with Crippen LogP contribution in [0.15, 0.2) is 36.8 Å². The molecule has 1 fully saturated rings. The normalized spacial score (nSPS) is 19.5. The SMILES string of the molecule is CCN(CC)CC(=O)N1CCc2nc(Nc3ncc4c5ccncc5n(C5CCC(C)CC5)c4n3)ccc2C1. The van der Waals surface area contributed by atoms with Crippen LogP contribution in [-0.4, -0.2) is 66.4 Å². The van der Waals surface area contributed by atoms with Gasteiger partial charge in [-0.15, -0.1) is 0 Å². The Balaban J connectivity index is 1.24. The van der Waals surface area contributed by atoms with Crippen LogP contribution in [0.1, 0.15) is 63.8 Å². The number of rotatable bonds is 7. The molecular weight excluding hydrogens is 488 g/mol. The zero-order valence-corrected chi connectivity index (χ0v) is 23.2. The zero-order chi connectivity index (χ0) is 26.9. The lowest BCUT2D eigenvalue weighted by Crippen LogP contribution is -2.42. The summed E-state index contributed by atoms with van der Waals surface area (Å²) in [5.41, 5.74) is 4.22. The zero-order valence-electron chi connectivity index (χ0n) is 23.2. The van der Waals surface area contributed by atoms with Gasteiger partial charge in [-0.05, 0) is 62.4 Å². The van der Waals surface area contributed by atoms with E-state index in [-0.39, 0.29) is 5.91 Å². The highest BCUT2D eigenvalue weighted by atomic mass is 16.2. The Hall–Kier alpha value is -3.59. The topological polar surface area (TPSA) is 92.1 Å². The van der Waals surface area contributed by atoms with E-state index in [0.29, 0.717) is 31.6 Å². The van der Waals surface area contributed by atoms with Crippen LogP contribution in [0.3, 0.4) is 0 Å². The molecule has 2 aliphatic rings. The number of carbonyl (C=O) groups is 1. The molecule has 5 heterocycles. The molecule has 1 amide bonds. The van der Waals surface area contributed by atoms with Gasteiger partial charge in [-0.25, -0.2) is 9.97 Å². The minimum Gasteiger partial charge on any atom is -0.337 e. The lowest BCUT2D eigenvalue weighted by molar-refractivity contribution is -0.133. The first kappa shape index (κ1) is 25.7. The monoisotopic (exact) mass is 526 g/mol. The third-order valence-corrected chi connectivity index (χ3v) is 8.59. The van der Waals surface area contributed by atoms with Gasteiger partial charge in [0.2, 0.25) is 11.9 Å². The van der Waals surface area contributed by atoms with Crippen molar-refractivity contribution in [3.63, 3.8) is 0 Å². The number of hydrogen-bond acceptors (Lipinski definition) is 7. The third kappa shape index (κ3) is 5.07. The molecule has 1 N–H and O–H groups in total. The van der Waals surface area contributed by atoms with Crippen molar-refractivity contribution >= 4 is 39.6 Å². The Morgan fingerprint density at radius 3 is 2.67 bits per heavy atom. The predicted molar refractivity (Wildman–Crippen MR) is 154 cm³/mol. The number of hydrogen-bond donors (Lipinski definition) is 1. The van der Waals surface area contributed by atoms with Crippen LogP contribution in [0, 0.1) is 5.92 Å². The van der Waals surface area contributed by atoms with Gasteiger partial charge in [0.25, 0.3) is 0 Å². The van der Waals surface area contributed by atoms with Crippen LogP contribution in [0.2, 0.25) is 0 Å². The first-order valence-electron chi connectivity index (χ1n) is 14.4. The number of likely N-dealkylation sites (N-methyl/N-ethyl adjacent to an activating group) is 1. The summed E-state index contributed by atoms with van der Waals surface area (Å²) in [4.78, 5) is 35.9. The standard InChI is InChI=1S/C30H38N8O/c1-4-36(5-2)19-28(39)37-15-13-25-21(18-37)8-11-27(33-25)34-30-32-16-24-23-12-14-31-17-26(23)38(29(24)35-30)22-9-6-20(3)7-10-22/h8,11-12,14,16-17,20,22H,4-7,9-10,13,15,18-19H2,1-3H3,(H,32,33,34,35).